The van der Waals surface area contributed by atoms with E-state index in [9.17, 15) is 18.0 Å². The first kappa shape index (κ1) is 29.1. The first-order valence-electron chi connectivity index (χ1n) is 12.5. The van der Waals surface area contributed by atoms with Crippen molar-refractivity contribution in [1.82, 2.24) is 5.16 Å². The van der Waals surface area contributed by atoms with E-state index in [4.69, 9.17) is 10.3 Å². The zero-order valence-electron chi connectivity index (χ0n) is 23.0. The summed E-state index contributed by atoms with van der Waals surface area (Å²) in [6, 6.07) is 13.3. The predicted molar refractivity (Wildman–Crippen MR) is 146 cm³/mol. The molecule has 1 unspecified atom stereocenters. The Bertz CT molecular complexity index is 1430. The summed E-state index contributed by atoms with van der Waals surface area (Å²) in [6.07, 6.45) is 0. The van der Waals surface area contributed by atoms with E-state index in [0.29, 0.717) is 22.5 Å². The molecule has 0 spiro atoms. The molecule has 38 heavy (non-hydrogen) atoms. The van der Waals surface area contributed by atoms with Crippen molar-refractivity contribution in [2.75, 3.05) is 11.8 Å². The molecule has 3 rings (SSSR count). The maximum Gasteiger partial charge on any atom is 0.316 e. The number of aryl methyl sites for hydroxylation is 1. The highest BCUT2D eigenvalue weighted by molar-refractivity contribution is 7.92. The summed E-state index contributed by atoms with van der Waals surface area (Å²) in [7, 11) is -2.21. The number of quaternary nitrogens is 1. The number of hydrogen-bond acceptors (Lipinski definition) is 6. The third-order valence-electron chi connectivity index (χ3n) is 6.88. The molecule has 10 heteroatoms. The highest BCUT2D eigenvalue weighted by Gasteiger charge is 2.46. The molecule has 0 bridgehead atoms. The van der Waals surface area contributed by atoms with Gasteiger partial charge in [-0.1, -0.05) is 61.5 Å². The first-order chi connectivity index (χ1) is 17.7. The van der Waals surface area contributed by atoms with Crippen LogP contribution in [0.1, 0.15) is 44.6 Å². The van der Waals surface area contributed by atoms with Gasteiger partial charge in [-0.05, 0) is 39.3 Å². The lowest BCUT2D eigenvalue weighted by Crippen LogP contribution is -2.63. The van der Waals surface area contributed by atoms with Crippen LogP contribution in [-0.2, 0) is 26.2 Å². The molecule has 0 aliphatic heterocycles. The van der Waals surface area contributed by atoms with Gasteiger partial charge >= 0.3 is 5.91 Å². The van der Waals surface area contributed by atoms with Gasteiger partial charge in [0.25, 0.3) is 15.9 Å². The maximum atomic E-state index is 13.3. The van der Waals surface area contributed by atoms with Crippen LogP contribution in [0, 0.1) is 25.7 Å². The second-order valence-electron chi connectivity index (χ2n) is 10.5. The number of likely N-dealkylation sites (N-methyl/N-ethyl adjacent to an activating group) is 1. The van der Waals surface area contributed by atoms with Gasteiger partial charge in [0.1, 0.15) is 12.3 Å². The number of aromatic nitrogens is 1. The van der Waals surface area contributed by atoms with E-state index < -0.39 is 22.0 Å². The summed E-state index contributed by atoms with van der Waals surface area (Å²) in [5.41, 5.74) is 8.39. The molecule has 3 aromatic rings. The van der Waals surface area contributed by atoms with E-state index in [-0.39, 0.29) is 39.5 Å². The van der Waals surface area contributed by atoms with Crippen LogP contribution in [0.3, 0.4) is 0 Å². The third kappa shape index (κ3) is 5.81. The molecule has 9 nitrogen and oxygen atoms in total. The molecule has 2 amide bonds. The lowest BCUT2D eigenvalue weighted by Gasteiger charge is -2.40. The lowest BCUT2D eigenvalue weighted by atomic mass is 9.95. The zero-order chi connectivity index (χ0) is 28.4. The number of carbonyl (C=O) groups is 2. The Labute approximate surface area is 224 Å². The topological polar surface area (TPSA) is 132 Å². The number of amides is 2. The molecule has 1 heterocycles. The first-order valence-corrected chi connectivity index (χ1v) is 14.0. The number of rotatable bonds is 10. The van der Waals surface area contributed by atoms with Crippen molar-refractivity contribution in [3.05, 3.63) is 65.4 Å². The van der Waals surface area contributed by atoms with Gasteiger partial charge in [0.2, 0.25) is 0 Å². The van der Waals surface area contributed by atoms with Crippen molar-refractivity contribution in [2.45, 2.75) is 59.0 Å². The van der Waals surface area contributed by atoms with Gasteiger partial charge in [0.15, 0.2) is 11.9 Å². The van der Waals surface area contributed by atoms with Gasteiger partial charge in [-0.15, -0.1) is 0 Å². The van der Waals surface area contributed by atoms with Crippen molar-refractivity contribution >= 4 is 27.7 Å². The standard InChI is InChI=1S/C28H36N4O5S/c1-17(2)25(26(29)33)32(7,28(34)18(3)4)16-21-12-14-22(15-13-21)23-10-8-9-11-24(23)38(35,36)31-27-19(5)20(6)37-30-27/h8-15,17-18,25H,16H2,1-7H3,(H2-,29,30,31,33)/p+1/t25-,32?/m0/s1. The van der Waals surface area contributed by atoms with E-state index >= 15 is 0 Å². The van der Waals surface area contributed by atoms with Gasteiger partial charge in [0.05, 0.1) is 17.9 Å². The largest absolute Gasteiger partial charge is 0.364 e. The molecular weight excluding hydrogens is 504 g/mol. The van der Waals surface area contributed by atoms with Crippen molar-refractivity contribution < 1.29 is 27.0 Å². The van der Waals surface area contributed by atoms with Crippen LogP contribution in [0.2, 0.25) is 0 Å². The molecule has 1 aromatic heterocycles. The molecule has 0 aliphatic carbocycles. The quantitative estimate of drug-likeness (QED) is 0.366. The highest BCUT2D eigenvalue weighted by Crippen LogP contribution is 2.31. The zero-order valence-corrected chi connectivity index (χ0v) is 23.8. The average Bonchev–Trinajstić information content (AvgIpc) is 3.15. The number of benzene rings is 2. The average molecular weight is 542 g/mol. The minimum Gasteiger partial charge on any atom is -0.364 e. The number of sulfonamides is 1. The molecule has 3 N–H and O–H groups in total. The SMILES string of the molecule is Cc1onc(NS(=O)(=O)c2ccccc2-c2ccc(C[N+](C)(C(=O)C(C)C)[C@H](C(N)=O)C(C)C)cc2)c1C. The molecule has 0 fully saturated rings. The fourth-order valence-corrected chi connectivity index (χ4v) is 6.26. The summed E-state index contributed by atoms with van der Waals surface area (Å²) in [4.78, 5) is 25.8. The smallest absolute Gasteiger partial charge is 0.316 e. The Hall–Kier alpha value is -3.50. The van der Waals surface area contributed by atoms with Gasteiger partial charge in [-0.2, -0.15) is 0 Å². The number of primary amides is 1. The third-order valence-corrected chi connectivity index (χ3v) is 8.27. The van der Waals surface area contributed by atoms with E-state index in [2.05, 4.69) is 9.88 Å². The maximum absolute atomic E-state index is 13.3. The number of anilines is 1. The van der Waals surface area contributed by atoms with Gasteiger partial charge < -0.3 is 10.3 Å². The summed E-state index contributed by atoms with van der Waals surface area (Å²) >= 11 is 0. The molecule has 0 saturated heterocycles. The van der Waals surface area contributed by atoms with Crippen LogP contribution in [-0.4, -0.2) is 43.0 Å². The van der Waals surface area contributed by atoms with Crippen LogP contribution < -0.4 is 10.5 Å². The van der Waals surface area contributed by atoms with E-state index in [0.717, 1.165) is 5.56 Å². The molecule has 2 atom stereocenters. The minimum atomic E-state index is -3.96. The van der Waals surface area contributed by atoms with Crippen LogP contribution >= 0.6 is 0 Å². The molecule has 0 saturated carbocycles. The molecule has 2 aromatic carbocycles. The number of nitrogens with two attached hydrogens (primary N) is 1. The van der Waals surface area contributed by atoms with E-state index in [1.807, 2.05) is 52.0 Å². The number of nitrogens with zero attached hydrogens (tertiary/aromatic N) is 2. The second-order valence-corrected chi connectivity index (χ2v) is 12.2. The minimum absolute atomic E-state index is 0.0764. The molecule has 0 radical (unpaired) electrons. The Morgan fingerprint density at radius 1 is 1.03 bits per heavy atom. The summed E-state index contributed by atoms with van der Waals surface area (Å²) < 4.78 is 34.0. The number of hydrogen-bond donors (Lipinski definition) is 2. The fourth-order valence-electron chi connectivity index (χ4n) is 4.97. The van der Waals surface area contributed by atoms with Gasteiger partial charge in [0, 0.05) is 22.6 Å². The van der Waals surface area contributed by atoms with Gasteiger partial charge in [-0.25, -0.2) is 17.7 Å². The van der Waals surface area contributed by atoms with Crippen LogP contribution in [0.25, 0.3) is 11.1 Å². The summed E-state index contributed by atoms with van der Waals surface area (Å²) in [5.74, 6) is -0.342. The molecule has 0 aliphatic rings. The summed E-state index contributed by atoms with van der Waals surface area (Å²) in [5, 5.41) is 3.81. The monoisotopic (exact) mass is 541 g/mol. The lowest BCUT2D eigenvalue weighted by molar-refractivity contribution is -0.869. The van der Waals surface area contributed by atoms with Crippen molar-refractivity contribution in [1.29, 1.82) is 0 Å². The Balaban J connectivity index is 1.97. The van der Waals surface area contributed by atoms with Gasteiger partial charge in [-0.3, -0.25) is 9.52 Å². The molecule has 204 valence electrons. The van der Waals surface area contributed by atoms with Crippen LogP contribution in [0.5, 0.6) is 0 Å². The number of carbonyl (C=O) groups excluding carboxylic acids is 2. The van der Waals surface area contributed by atoms with Crippen molar-refractivity contribution in [3.8, 4) is 11.1 Å². The Kier molecular flexibility index (Phi) is 8.48. The van der Waals surface area contributed by atoms with Crippen molar-refractivity contribution in [3.63, 3.8) is 0 Å². The predicted octanol–water partition coefficient (Wildman–Crippen LogP) is 4.40. The normalized spacial score (nSPS) is 14.3. The van der Waals surface area contributed by atoms with Crippen LogP contribution in [0.15, 0.2) is 57.9 Å². The Morgan fingerprint density at radius 3 is 2.13 bits per heavy atom. The fraction of sp³-hybridized carbons (Fsp3) is 0.393. The highest BCUT2D eigenvalue weighted by atomic mass is 32.2. The second kappa shape index (κ2) is 11.1. The van der Waals surface area contributed by atoms with E-state index in [1.165, 1.54) is 6.07 Å². The number of nitrogens with one attached hydrogen (secondary N) is 1. The van der Waals surface area contributed by atoms with Crippen LogP contribution in [0.4, 0.5) is 5.82 Å². The van der Waals surface area contributed by atoms with E-state index in [1.54, 1.807) is 39.1 Å². The molecular formula is C28H37N4O5S+. The summed E-state index contributed by atoms with van der Waals surface area (Å²) in [6.45, 7) is 11.1. The van der Waals surface area contributed by atoms with Crippen molar-refractivity contribution in [2.24, 2.45) is 17.6 Å². The Morgan fingerprint density at radius 2 is 1.63 bits per heavy atom.